The van der Waals surface area contributed by atoms with Crippen molar-refractivity contribution in [1.82, 2.24) is 10.2 Å². The first kappa shape index (κ1) is 21.1. The van der Waals surface area contributed by atoms with Crippen molar-refractivity contribution >= 4 is 29.3 Å². The Labute approximate surface area is 165 Å². The SMILES string of the molecule is Cc1c(NCC(=O)NC(C)(C#N)C(C)C)cccc1C(=O)N1CCSCC1. The second kappa shape index (κ2) is 9.14. The highest BCUT2D eigenvalue weighted by Crippen LogP contribution is 2.22. The van der Waals surface area contributed by atoms with Gasteiger partial charge in [-0.25, -0.2) is 0 Å². The first-order valence-corrected chi connectivity index (χ1v) is 10.4. The van der Waals surface area contributed by atoms with E-state index < -0.39 is 5.54 Å². The number of rotatable bonds is 6. The number of benzene rings is 1. The average molecular weight is 389 g/mol. The summed E-state index contributed by atoms with van der Waals surface area (Å²) >= 11 is 1.86. The van der Waals surface area contributed by atoms with E-state index >= 15 is 0 Å². The molecule has 0 saturated carbocycles. The van der Waals surface area contributed by atoms with Gasteiger partial charge in [0.05, 0.1) is 12.6 Å². The van der Waals surface area contributed by atoms with Crippen molar-refractivity contribution in [2.24, 2.45) is 5.92 Å². The molecule has 2 rings (SSSR count). The molecule has 0 aromatic heterocycles. The molecule has 27 heavy (non-hydrogen) atoms. The number of anilines is 1. The number of carbonyl (C=O) groups is 2. The first-order valence-electron chi connectivity index (χ1n) is 9.21. The van der Waals surface area contributed by atoms with Crippen molar-refractivity contribution in [1.29, 1.82) is 5.26 Å². The lowest BCUT2D eigenvalue weighted by atomic mass is 9.90. The van der Waals surface area contributed by atoms with E-state index in [0.29, 0.717) is 5.56 Å². The van der Waals surface area contributed by atoms with Crippen molar-refractivity contribution in [3.05, 3.63) is 29.3 Å². The molecule has 7 heteroatoms. The summed E-state index contributed by atoms with van der Waals surface area (Å²) in [6.45, 7) is 8.99. The zero-order chi connectivity index (χ0) is 20.0. The lowest BCUT2D eigenvalue weighted by molar-refractivity contribution is -0.121. The first-order chi connectivity index (χ1) is 12.8. The second-order valence-electron chi connectivity index (χ2n) is 7.25. The zero-order valence-corrected chi connectivity index (χ0v) is 17.3. The Balaban J connectivity index is 2.04. The molecule has 1 aromatic rings. The van der Waals surface area contributed by atoms with E-state index in [4.69, 9.17) is 0 Å². The number of thioether (sulfide) groups is 1. The number of carbonyl (C=O) groups excluding carboxylic acids is 2. The molecule has 1 fully saturated rings. The molecule has 1 atom stereocenters. The molecule has 1 aliphatic heterocycles. The molecule has 146 valence electrons. The maximum Gasteiger partial charge on any atom is 0.254 e. The van der Waals surface area contributed by atoms with Crippen LogP contribution < -0.4 is 10.6 Å². The van der Waals surface area contributed by atoms with Gasteiger partial charge in [0.15, 0.2) is 0 Å². The third-order valence-electron chi connectivity index (χ3n) is 5.09. The quantitative estimate of drug-likeness (QED) is 0.783. The molecular weight excluding hydrogens is 360 g/mol. The summed E-state index contributed by atoms with van der Waals surface area (Å²) < 4.78 is 0. The molecule has 6 nitrogen and oxygen atoms in total. The molecule has 0 spiro atoms. The van der Waals surface area contributed by atoms with Gasteiger partial charge in [0.1, 0.15) is 5.54 Å². The zero-order valence-electron chi connectivity index (χ0n) is 16.5. The minimum atomic E-state index is -0.905. The van der Waals surface area contributed by atoms with Gasteiger partial charge < -0.3 is 15.5 Å². The number of nitriles is 1. The minimum absolute atomic E-state index is 0.00292. The van der Waals surface area contributed by atoms with Gasteiger partial charge in [-0.2, -0.15) is 17.0 Å². The predicted molar refractivity (Wildman–Crippen MR) is 110 cm³/mol. The van der Waals surface area contributed by atoms with E-state index in [1.807, 2.05) is 55.6 Å². The minimum Gasteiger partial charge on any atom is -0.376 e. The van der Waals surface area contributed by atoms with Crippen molar-refractivity contribution in [2.45, 2.75) is 33.2 Å². The number of amides is 2. The largest absolute Gasteiger partial charge is 0.376 e. The van der Waals surface area contributed by atoms with E-state index in [2.05, 4.69) is 16.7 Å². The van der Waals surface area contributed by atoms with Gasteiger partial charge in [-0.1, -0.05) is 19.9 Å². The number of nitrogens with one attached hydrogen (secondary N) is 2. The summed E-state index contributed by atoms with van der Waals surface area (Å²) in [4.78, 5) is 26.9. The lowest BCUT2D eigenvalue weighted by Gasteiger charge is -2.28. The summed E-state index contributed by atoms with van der Waals surface area (Å²) in [7, 11) is 0. The monoisotopic (exact) mass is 388 g/mol. The Hall–Kier alpha value is -2.20. The fraction of sp³-hybridized carbons (Fsp3) is 0.550. The lowest BCUT2D eigenvalue weighted by Crippen LogP contribution is -2.50. The number of nitrogens with zero attached hydrogens (tertiary/aromatic N) is 2. The molecule has 1 heterocycles. The van der Waals surface area contributed by atoms with E-state index in [-0.39, 0.29) is 24.3 Å². The van der Waals surface area contributed by atoms with Gasteiger partial charge in [-0.05, 0) is 37.5 Å². The third kappa shape index (κ3) is 5.16. The number of hydrogen-bond donors (Lipinski definition) is 2. The van der Waals surface area contributed by atoms with Crippen LogP contribution in [-0.2, 0) is 4.79 Å². The molecule has 1 saturated heterocycles. The predicted octanol–water partition coefficient (Wildman–Crippen LogP) is 2.65. The molecule has 1 aliphatic rings. The van der Waals surface area contributed by atoms with Crippen molar-refractivity contribution in [3.8, 4) is 6.07 Å². The van der Waals surface area contributed by atoms with Crippen molar-refractivity contribution in [3.63, 3.8) is 0 Å². The average Bonchev–Trinajstić information content (AvgIpc) is 2.67. The molecule has 0 radical (unpaired) electrons. The smallest absolute Gasteiger partial charge is 0.254 e. The van der Waals surface area contributed by atoms with E-state index in [9.17, 15) is 14.9 Å². The fourth-order valence-electron chi connectivity index (χ4n) is 2.81. The molecule has 0 bridgehead atoms. The second-order valence-corrected chi connectivity index (χ2v) is 8.48. The highest BCUT2D eigenvalue weighted by atomic mass is 32.2. The number of hydrogen-bond acceptors (Lipinski definition) is 5. The van der Waals surface area contributed by atoms with Crippen molar-refractivity contribution in [2.75, 3.05) is 36.5 Å². The van der Waals surface area contributed by atoms with E-state index in [1.165, 1.54) is 0 Å². The Morgan fingerprint density at radius 1 is 1.33 bits per heavy atom. The van der Waals surface area contributed by atoms with Crippen LogP contribution in [0.25, 0.3) is 0 Å². The van der Waals surface area contributed by atoms with Gasteiger partial charge >= 0.3 is 0 Å². The summed E-state index contributed by atoms with van der Waals surface area (Å²) in [6.07, 6.45) is 0. The molecule has 1 unspecified atom stereocenters. The molecule has 0 aliphatic carbocycles. The molecule has 2 amide bonds. The van der Waals surface area contributed by atoms with Crippen LogP contribution in [0.5, 0.6) is 0 Å². The van der Waals surface area contributed by atoms with Crippen LogP contribution >= 0.6 is 11.8 Å². The highest BCUT2D eigenvalue weighted by molar-refractivity contribution is 7.99. The maximum atomic E-state index is 12.8. The Morgan fingerprint density at radius 3 is 2.59 bits per heavy atom. The summed E-state index contributed by atoms with van der Waals surface area (Å²) in [5, 5.41) is 15.2. The maximum absolute atomic E-state index is 12.8. The van der Waals surface area contributed by atoms with Gasteiger partial charge in [-0.3, -0.25) is 9.59 Å². The summed E-state index contributed by atoms with van der Waals surface area (Å²) in [6, 6.07) is 7.68. The van der Waals surface area contributed by atoms with Gasteiger partial charge in [0.2, 0.25) is 5.91 Å². The van der Waals surface area contributed by atoms with E-state index in [0.717, 1.165) is 35.8 Å². The third-order valence-corrected chi connectivity index (χ3v) is 6.03. The van der Waals surface area contributed by atoms with Crippen LogP contribution in [-0.4, -0.2) is 53.4 Å². The van der Waals surface area contributed by atoms with Crippen LogP contribution in [0.3, 0.4) is 0 Å². The van der Waals surface area contributed by atoms with Gasteiger partial charge in [0, 0.05) is 35.8 Å². The Bertz CT molecular complexity index is 738. The van der Waals surface area contributed by atoms with Crippen LogP contribution in [0.1, 0.15) is 36.7 Å². The Morgan fingerprint density at radius 2 is 2.00 bits per heavy atom. The van der Waals surface area contributed by atoms with Gasteiger partial charge in [-0.15, -0.1) is 0 Å². The summed E-state index contributed by atoms with van der Waals surface area (Å²) in [5.41, 5.74) is 1.35. The van der Waals surface area contributed by atoms with Gasteiger partial charge in [0.25, 0.3) is 5.91 Å². The highest BCUT2D eigenvalue weighted by Gasteiger charge is 2.29. The standard InChI is InChI=1S/C20H28N4O2S/c1-14(2)20(4,13-21)23-18(25)12-22-17-7-5-6-16(15(17)3)19(26)24-8-10-27-11-9-24/h5-7,14,22H,8-12H2,1-4H3,(H,23,25). The molecule has 1 aromatic carbocycles. The van der Waals surface area contributed by atoms with Crippen molar-refractivity contribution < 1.29 is 9.59 Å². The molecular formula is C20H28N4O2S. The van der Waals surface area contributed by atoms with Crippen LogP contribution in [0.4, 0.5) is 5.69 Å². The normalized spacial score (nSPS) is 16.4. The Kier molecular flexibility index (Phi) is 7.14. The summed E-state index contributed by atoms with van der Waals surface area (Å²) in [5.74, 6) is 1.72. The van der Waals surface area contributed by atoms with Crippen LogP contribution in [0.2, 0.25) is 0 Å². The van der Waals surface area contributed by atoms with Crippen LogP contribution in [0.15, 0.2) is 18.2 Å². The molecule has 2 N–H and O–H groups in total. The van der Waals surface area contributed by atoms with E-state index in [1.54, 1.807) is 6.92 Å². The topological polar surface area (TPSA) is 85.2 Å². The van der Waals surface area contributed by atoms with Crippen LogP contribution in [0, 0.1) is 24.2 Å². The fourth-order valence-corrected chi connectivity index (χ4v) is 3.71.